The maximum Gasteiger partial charge on any atom is 0.325 e. The van der Waals surface area contributed by atoms with Crippen LogP contribution in [0.1, 0.15) is 38.5 Å². The molecule has 1 atom stereocenters. The Bertz CT molecular complexity index is 395. The molecular weight excluding hydrogens is 294 g/mol. The van der Waals surface area contributed by atoms with Crippen LogP contribution in [0.15, 0.2) is 25.3 Å². The van der Waals surface area contributed by atoms with Crippen LogP contribution in [-0.4, -0.2) is 49.3 Å². The lowest BCUT2D eigenvalue weighted by molar-refractivity contribution is 0.185. The van der Waals surface area contributed by atoms with Crippen molar-refractivity contribution >= 4 is 12.1 Å². The zero-order valence-electron chi connectivity index (χ0n) is 13.9. The van der Waals surface area contributed by atoms with Gasteiger partial charge in [0.1, 0.15) is 0 Å². The predicted octanol–water partition coefficient (Wildman–Crippen LogP) is 2.82. The van der Waals surface area contributed by atoms with Gasteiger partial charge in [-0.15, -0.1) is 13.2 Å². The second-order valence-electron chi connectivity index (χ2n) is 5.57. The molecular formula is C17H29N3O3. The molecule has 0 spiro atoms. The molecule has 130 valence electrons. The van der Waals surface area contributed by atoms with Gasteiger partial charge >= 0.3 is 12.1 Å². The average Bonchev–Trinajstić information content (AvgIpc) is 3.36. The van der Waals surface area contributed by atoms with Gasteiger partial charge < -0.3 is 15.4 Å². The first-order valence-electron chi connectivity index (χ1n) is 8.35. The van der Waals surface area contributed by atoms with Crippen LogP contribution < -0.4 is 10.6 Å². The minimum Gasteiger partial charge on any atom is -0.373 e. The SMILES string of the molecule is C=CCCCNC(=O)N(CCCC=C)C(=O)NCCCC1CO1. The van der Waals surface area contributed by atoms with Gasteiger partial charge in [-0.2, -0.15) is 0 Å². The lowest BCUT2D eigenvalue weighted by Crippen LogP contribution is -2.49. The van der Waals surface area contributed by atoms with Crippen molar-refractivity contribution in [3.8, 4) is 0 Å². The van der Waals surface area contributed by atoms with Crippen LogP contribution in [0.2, 0.25) is 0 Å². The Balaban J connectivity index is 2.33. The third-order valence-electron chi connectivity index (χ3n) is 3.52. The van der Waals surface area contributed by atoms with E-state index in [0.717, 1.165) is 38.7 Å². The third kappa shape index (κ3) is 9.03. The van der Waals surface area contributed by atoms with Gasteiger partial charge in [0.2, 0.25) is 0 Å². The number of unbranched alkanes of at least 4 members (excludes halogenated alkanes) is 2. The molecule has 1 heterocycles. The van der Waals surface area contributed by atoms with Gasteiger partial charge in [-0.1, -0.05) is 12.2 Å². The highest BCUT2D eigenvalue weighted by atomic mass is 16.6. The Morgan fingerprint density at radius 1 is 1.04 bits per heavy atom. The molecule has 0 aromatic carbocycles. The molecule has 4 amide bonds. The fourth-order valence-corrected chi connectivity index (χ4v) is 2.08. The third-order valence-corrected chi connectivity index (χ3v) is 3.52. The highest BCUT2D eigenvalue weighted by Gasteiger charge is 2.22. The molecule has 0 radical (unpaired) electrons. The van der Waals surface area contributed by atoms with Gasteiger partial charge in [0.25, 0.3) is 0 Å². The van der Waals surface area contributed by atoms with Crippen molar-refractivity contribution in [3.63, 3.8) is 0 Å². The Hall–Kier alpha value is -1.82. The molecule has 0 bridgehead atoms. The normalized spacial score (nSPS) is 15.6. The van der Waals surface area contributed by atoms with Crippen molar-refractivity contribution in [1.82, 2.24) is 15.5 Å². The standard InChI is InChI=1S/C17H29N3O3/c1-3-5-7-11-18-16(21)20(13-8-6-4-2)17(22)19-12-9-10-15-14-23-15/h3-4,15H,1-2,5-14H2,(H,18,21)(H,19,22). The fraction of sp³-hybridized carbons (Fsp3) is 0.647. The number of amides is 4. The van der Waals surface area contributed by atoms with Crippen LogP contribution >= 0.6 is 0 Å². The molecule has 23 heavy (non-hydrogen) atoms. The molecule has 6 heteroatoms. The van der Waals surface area contributed by atoms with Gasteiger partial charge in [-0.3, -0.25) is 0 Å². The van der Waals surface area contributed by atoms with Gasteiger partial charge in [0.15, 0.2) is 0 Å². The highest BCUT2D eigenvalue weighted by molar-refractivity contribution is 5.93. The zero-order valence-corrected chi connectivity index (χ0v) is 13.9. The molecule has 1 saturated heterocycles. The summed E-state index contributed by atoms with van der Waals surface area (Å²) in [6.07, 6.45) is 8.91. The van der Waals surface area contributed by atoms with Crippen molar-refractivity contribution < 1.29 is 14.3 Å². The van der Waals surface area contributed by atoms with E-state index in [1.165, 1.54) is 4.90 Å². The number of carbonyl (C=O) groups is 2. The fourth-order valence-electron chi connectivity index (χ4n) is 2.08. The molecule has 1 aliphatic rings. The second kappa shape index (κ2) is 11.7. The lowest BCUT2D eigenvalue weighted by Gasteiger charge is -2.21. The van der Waals surface area contributed by atoms with Crippen molar-refractivity contribution in [2.45, 2.75) is 44.6 Å². The Labute approximate surface area is 138 Å². The summed E-state index contributed by atoms with van der Waals surface area (Å²) in [4.78, 5) is 25.6. The largest absolute Gasteiger partial charge is 0.373 e. The van der Waals surface area contributed by atoms with Crippen LogP contribution in [0.3, 0.4) is 0 Å². The van der Waals surface area contributed by atoms with E-state index in [0.29, 0.717) is 32.2 Å². The van der Waals surface area contributed by atoms with Crippen molar-refractivity contribution in [1.29, 1.82) is 0 Å². The van der Waals surface area contributed by atoms with Gasteiger partial charge in [-0.25, -0.2) is 14.5 Å². The molecule has 0 saturated carbocycles. The summed E-state index contributed by atoms with van der Waals surface area (Å²) in [5.74, 6) is 0. The molecule has 2 N–H and O–H groups in total. The lowest BCUT2D eigenvalue weighted by atomic mass is 10.2. The quantitative estimate of drug-likeness (QED) is 0.329. The van der Waals surface area contributed by atoms with E-state index in [1.54, 1.807) is 6.08 Å². The summed E-state index contributed by atoms with van der Waals surface area (Å²) < 4.78 is 5.13. The zero-order chi connectivity index (χ0) is 16.9. The van der Waals surface area contributed by atoms with E-state index >= 15 is 0 Å². The van der Waals surface area contributed by atoms with E-state index in [2.05, 4.69) is 23.8 Å². The minimum absolute atomic E-state index is 0.341. The van der Waals surface area contributed by atoms with E-state index in [4.69, 9.17) is 4.74 Å². The number of hydrogen-bond acceptors (Lipinski definition) is 3. The number of carbonyl (C=O) groups excluding carboxylic acids is 2. The van der Waals surface area contributed by atoms with Gasteiger partial charge in [0, 0.05) is 19.6 Å². The predicted molar refractivity (Wildman–Crippen MR) is 91.3 cm³/mol. The second-order valence-corrected chi connectivity index (χ2v) is 5.57. The average molecular weight is 323 g/mol. The van der Waals surface area contributed by atoms with E-state index in [1.807, 2.05) is 6.08 Å². The van der Waals surface area contributed by atoms with Crippen molar-refractivity contribution in [2.24, 2.45) is 0 Å². The van der Waals surface area contributed by atoms with E-state index in [9.17, 15) is 9.59 Å². The van der Waals surface area contributed by atoms with E-state index in [-0.39, 0.29) is 12.1 Å². The number of rotatable bonds is 12. The molecule has 1 aliphatic heterocycles. The number of nitrogens with one attached hydrogen (secondary N) is 2. The van der Waals surface area contributed by atoms with E-state index < -0.39 is 0 Å². The number of ether oxygens (including phenoxy) is 1. The van der Waals surface area contributed by atoms with Crippen LogP contribution in [0, 0.1) is 0 Å². The number of hydrogen-bond donors (Lipinski definition) is 2. The number of imide groups is 1. The molecule has 1 fully saturated rings. The maximum atomic E-state index is 12.2. The molecule has 0 aromatic rings. The summed E-state index contributed by atoms with van der Waals surface area (Å²) in [5.41, 5.74) is 0. The molecule has 0 aromatic heterocycles. The highest BCUT2D eigenvalue weighted by Crippen LogP contribution is 2.14. The van der Waals surface area contributed by atoms with Crippen LogP contribution in [-0.2, 0) is 4.74 Å². The number of nitrogens with zero attached hydrogens (tertiary/aromatic N) is 1. The van der Waals surface area contributed by atoms with Crippen LogP contribution in [0.4, 0.5) is 9.59 Å². The summed E-state index contributed by atoms with van der Waals surface area (Å²) in [6.45, 7) is 9.61. The number of allylic oxidation sites excluding steroid dienone is 2. The summed E-state index contributed by atoms with van der Waals surface area (Å²) in [7, 11) is 0. The Morgan fingerprint density at radius 2 is 1.61 bits per heavy atom. The molecule has 6 nitrogen and oxygen atoms in total. The molecule has 1 rings (SSSR count). The van der Waals surface area contributed by atoms with Crippen LogP contribution in [0.5, 0.6) is 0 Å². The van der Waals surface area contributed by atoms with Crippen LogP contribution in [0.25, 0.3) is 0 Å². The summed E-state index contributed by atoms with van der Waals surface area (Å²) >= 11 is 0. The summed E-state index contributed by atoms with van der Waals surface area (Å²) in [6, 6.07) is -0.687. The molecule has 1 unspecified atom stereocenters. The Morgan fingerprint density at radius 3 is 2.17 bits per heavy atom. The van der Waals surface area contributed by atoms with Gasteiger partial charge in [-0.05, 0) is 38.5 Å². The van der Waals surface area contributed by atoms with Crippen molar-refractivity contribution in [3.05, 3.63) is 25.3 Å². The summed E-state index contributed by atoms with van der Waals surface area (Å²) in [5, 5.41) is 5.58. The number of urea groups is 2. The Kier molecular flexibility index (Phi) is 9.79. The monoisotopic (exact) mass is 323 g/mol. The first kappa shape index (κ1) is 19.2. The first-order chi connectivity index (χ1) is 11.2. The smallest absolute Gasteiger partial charge is 0.325 e. The molecule has 0 aliphatic carbocycles. The topological polar surface area (TPSA) is 74.0 Å². The minimum atomic E-state index is -0.346. The maximum absolute atomic E-state index is 12.2. The van der Waals surface area contributed by atoms with Gasteiger partial charge in [0.05, 0.1) is 12.7 Å². The number of epoxide rings is 1. The first-order valence-corrected chi connectivity index (χ1v) is 8.35. The van der Waals surface area contributed by atoms with Crippen molar-refractivity contribution in [2.75, 3.05) is 26.2 Å².